The van der Waals surface area contributed by atoms with Gasteiger partial charge in [-0.3, -0.25) is 0 Å². The summed E-state index contributed by atoms with van der Waals surface area (Å²) in [5.41, 5.74) is 8.23. The van der Waals surface area contributed by atoms with Gasteiger partial charge in [-0.15, -0.1) is 0 Å². The first-order valence-corrected chi connectivity index (χ1v) is 8.04. The monoisotopic (exact) mass is 283 g/mol. The van der Waals surface area contributed by atoms with E-state index >= 15 is 0 Å². The van der Waals surface area contributed by atoms with Gasteiger partial charge in [-0.2, -0.15) is 0 Å². The van der Waals surface area contributed by atoms with Crippen molar-refractivity contribution in [1.82, 2.24) is 4.98 Å². The molecular weight excluding hydrogens is 258 g/mol. The van der Waals surface area contributed by atoms with Crippen LogP contribution in [0.1, 0.15) is 38.7 Å². The van der Waals surface area contributed by atoms with Crippen LogP contribution in [0.25, 0.3) is 10.9 Å². The number of hydrogen-bond donors (Lipinski definition) is 1. The standard InChI is InChI=1S/C18H25N3/c1-13(2)9-10-21(16-7-8-16)18-15(12-19)11-14-5-3-4-6-17(14)20-18/h3-6,11,13,16H,7-10,12,19H2,1-2H3. The smallest absolute Gasteiger partial charge is 0.134 e. The third-order valence-corrected chi connectivity index (χ3v) is 4.21. The summed E-state index contributed by atoms with van der Waals surface area (Å²) < 4.78 is 0. The van der Waals surface area contributed by atoms with Crippen molar-refractivity contribution in [3.8, 4) is 0 Å². The SMILES string of the molecule is CC(C)CCN(c1nc2ccccc2cc1CN)C1CC1. The Kier molecular flexibility index (Phi) is 4.11. The molecular formula is C18H25N3. The quantitative estimate of drug-likeness (QED) is 0.878. The second-order valence-corrected chi connectivity index (χ2v) is 6.48. The minimum absolute atomic E-state index is 0.554. The van der Waals surface area contributed by atoms with E-state index in [2.05, 4.69) is 49.1 Å². The molecule has 21 heavy (non-hydrogen) atoms. The average Bonchev–Trinajstić information content (AvgIpc) is 3.31. The van der Waals surface area contributed by atoms with Crippen LogP contribution in [0.15, 0.2) is 30.3 Å². The molecule has 0 bridgehead atoms. The van der Waals surface area contributed by atoms with E-state index in [-0.39, 0.29) is 0 Å². The lowest BCUT2D eigenvalue weighted by atomic mass is 10.1. The van der Waals surface area contributed by atoms with E-state index in [0.717, 1.165) is 17.9 Å². The normalized spacial score (nSPS) is 14.9. The van der Waals surface area contributed by atoms with E-state index in [4.69, 9.17) is 10.7 Å². The van der Waals surface area contributed by atoms with Crippen molar-refractivity contribution in [2.75, 3.05) is 11.4 Å². The van der Waals surface area contributed by atoms with E-state index in [1.807, 2.05) is 0 Å². The number of anilines is 1. The third-order valence-electron chi connectivity index (χ3n) is 4.21. The average molecular weight is 283 g/mol. The predicted molar refractivity (Wildman–Crippen MR) is 89.5 cm³/mol. The van der Waals surface area contributed by atoms with Gasteiger partial charge >= 0.3 is 0 Å². The summed E-state index contributed by atoms with van der Waals surface area (Å²) in [7, 11) is 0. The molecule has 0 unspecified atom stereocenters. The second kappa shape index (κ2) is 6.02. The van der Waals surface area contributed by atoms with Crippen LogP contribution < -0.4 is 10.6 Å². The molecule has 0 amide bonds. The summed E-state index contributed by atoms with van der Waals surface area (Å²) in [5.74, 6) is 1.83. The molecule has 2 N–H and O–H groups in total. The molecule has 1 saturated carbocycles. The minimum atomic E-state index is 0.554. The maximum absolute atomic E-state index is 5.99. The first-order chi connectivity index (χ1) is 10.2. The van der Waals surface area contributed by atoms with E-state index < -0.39 is 0 Å². The number of benzene rings is 1. The van der Waals surface area contributed by atoms with Gasteiger partial charge in [0, 0.05) is 30.1 Å². The molecule has 3 nitrogen and oxygen atoms in total. The van der Waals surface area contributed by atoms with Crippen LogP contribution in [-0.4, -0.2) is 17.6 Å². The summed E-state index contributed by atoms with van der Waals surface area (Å²) in [4.78, 5) is 7.43. The summed E-state index contributed by atoms with van der Waals surface area (Å²) in [6.07, 6.45) is 3.78. The van der Waals surface area contributed by atoms with Crippen LogP contribution in [-0.2, 0) is 6.54 Å². The minimum Gasteiger partial charge on any atom is -0.353 e. The van der Waals surface area contributed by atoms with Crippen LogP contribution >= 0.6 is 0 Å². The summed E-state index contributed by atoms with van der Waals surface area (Å²) in [6.45, 7) is 6.20. The summed E-state index contributed by atoms with van der Waals surface area (Å²) >= 11 is 0. The highest BCUT2D eigenvalue weighted by atomic mass is 15.2. The van der Waals surface area contributed by atoms with E-state index in [0.29, 0.717) is 18.5 Å². The highest BCUT2D eigenvalue weighted by molar-refractivity contribution is 5.82. The van der Waals surface area contributed by atoms with Crippen molar-refractivity contribution in [1.29, 1.82) is 0 Å². The summed E-state index contributed by atoms with van der Waals surface area (Å²) in [6, 6.07) is 11.2. The lowest BCUT2D eigenvalue weighted by molar-refractivity contribution is 0.568. The van der Waals surface area contributed by atoms with Gasteiger partial charge in [0.2, 0.25) is 0 Å². The van der Waals surface area contributed by atoms with E-state index in [1.54, 1.807) is 0 Å². The lowest BCUT2D eigenvalue weighted by Crippen LogP contribution is -2.30. The Hall–Kier alpha value is -1.61. The number of aromatic nitrogens is 1. The van der Waals surface area contributed by atoms with Crippen LogP contribution in [0.4, 0.5) is 5.82 Å². The van der Waals surface area contributed by atoms with Crippen molar-refractivity contribution in [3.63, 3.8) is 0 Å². The fourth-order valence-electron chi connectivity index (χ4n) is 2.79. The second-order valence-electron chi connectivity index (χ2n) is 6.48. The molecule has 1 aromatic carbocycles. The lowest BCUT2D eigenvalue weighted by Gasteiger charge is -2.27. The first-order valence-electron chi connectivity index (χ1n) is 8.04. The van der Waals surface area contributed by atoms with Crippen LogP contribution in [0.5, 0.6) is 0 Å². The van der Waals surface area contributed by atoms with Crippen LogP contribution in [0, 0.1) is 5.92 Å². The zero-order chi connectivity index (χ0) is 14.8. The molecule has 0 saturated heterocycles. The Labute approximate surface area is 127 Å². The van der Waals surface area contributed by atoms with Crippen LogP contribution in [0.3, 0.4) is 0 Å². The fraction of sp³-hybridized carbons (Fsp3) is 0.500. The highest BCUT2D eigenvalue weighted by Gasteiger charge is 2.31. The molecule has 0 radical (unpaired) electrons. The molecule has 1 fully saturated rings. The van der Waals surface area contributed by atoms with Crippen molar-refractivity contribution >= 4 is 16.7 Å². The zero-order valence-corrected chi connectivity index (χ0v) is 13.0. The molecule has 0 spiro atoms. The Morgan fingerprint density at radius 1 is 1.29 bits per heavy atom. The Balaban J connectivity index is 1.98. The Morgan fingerprint density at radius 3 is 2.71 bits per heavy atom. The number of nitrogens with zero attached hydrogens (tertiary/aromatic N) is 2. The molecule has 2 aromatic rings. The van der Waals surface area contributed by atoms with Gasteiger partial charge in [0.25, 0.3) is 0 Å². The zero-order valence-electron chi connectivity index (χ0n) is 13.0. The molecule has 3 heteroatoms. The number of nitrogens with two attached hydrogens (primary N) is 1. The van der Waals surface area contributed by atoms with E-state index in [1.165, 1.54) is 30.2 Å². The van der Waals surface area contributed by atoms with Gasteiger partial charge in [-0.1, -0.05) is 32.0 Å². The molecule has 1 aliphatic rings. The van der Waals surface area contributed by atoms with Gasteiger partial charge in [0.05, 0.1) is 5.52 Å². The van der Waals surface area contributed by atoms with Gasteiger partial charge < -0.3 is 10.6 Å². The first kappa shape index (κ1) is 14.3. The van der Waals surface area contributed by atoms with Crippen molar-refractivity contribution in [3.05, 3.63) is 35.9 Å². The number of rotatable bonds is 6. The number of hydrogen-bond acceptors (Lipinski definition) is 3. The van der Waals surface area contributed by atoms with Crippen molar-refractivity contribution in [2.45, 2.75) is 45.7 Å². The Morgan fingerprint density at radius 2 is 2.05 bits per heavy atom. The van der Waals surface area contributed by atoms with Gasteiger partial charge in [-0.05, 0) is 37.3 Å². The van der Waals surface area contributed by atoms with Crippen molar-refractivity contribution in [2.24, 2.45) is 11.7 Å². The predicted octanol–water partition coefficient (Wildman–Crippen LogP) is 3.71. The molecule has 112 valence electrons. The Bertz CT molecular complexity index is 617. The number of para-hydroxylation sites is 1. The summed E-state index contributed by atoms with van der Waals surface area (Å²) in [5, 5.41) is 1.18. The molecule has 0 aliphatic heterocycles. The van der Waals surface area contributed by atoms with Crippen molar-refractivity contribution < 1.29 is 0 Å². The molecule has 1 aromatic heterocycles. The van der Waals surface area contributed by atoms with E-state index in [9.17, 15) is 0 Å². The van der Waals surface area contributed by atoms with Gasteiger partial charge in [-0.25, -0.2) is 4.98 Å². The molecule has 1 aliphatic carbocycles. The fourth-order valence-corrected chi connectivity index (χ4v) is 2.79. The maximum atomic E-state index is 5.99. The number of pyridine rings is 1. The molecule has 0 atom stereocenters. The van der Waals surface area contributed by atoms with Gasteiger partial charge in [0.15, 0.2) is 0 Å². The maximum Gasteiger partial charge on any atom is 0.134 e. The van der Waals surface area contributed by atoms with Gasteiger partial charge in [0.1, 0.15) is 5.82 Å². The molecule has 1 heterocycles. The highest BCUT2D eigenvalue weighted by Crippen LogP contribution is 2.34. The van der Waals surface area contributed by atoms with Crippen LogP contribution in [0.2, 0.25) is 0 Å². The topological polar surface area (TPSA) is 42.2 Å². The third kappa shape index (κ3) is 3.18. The number of fused-ring (bicyclic) bond motifs is 1. The molecule has 3 rings (SSSR count). The largest absolute Gasteiger partial charge is 0.353 e.